The van der Waals surface area contributed by atoms with Crippen LogP contribution in [0.5, 0.6) is 0 Å². The zero-order valence-electron chi connectivity index (χ0n) is 15.7. The maximum Gasteiger partial charge on any atom is 0.408 e. The number of hydrogen-bond acceptors (Lipinski definition) is 5. The summed E-state index contributed by atoms with van der Waals surface area (Å²) in [5.74, 6) is -2.73. The van der Waals surface area contributed by atoms with Crippen LogP contribution in [0.2, 0.25) is 0 Å². The number of nitrogens with one attached hydrogen (secondary N) is 1. The molecule has 0 bridgehead atoms. The van der Waals surface area contributed by atoms with E-state index in [4.69, 9.17) is 15.6 Å². The van der Waals surface area contributed by atoms with Gasteiger partial charge in [-0.05, 0) is 33.1 Å². The Kier molecular flexibility index (Phi) is 8.38. The molecular weight excluding hydrogens is 330 g/mol. The number of aliphatic carboxylic acids is 1. The van der Waals surface area contributed by atoms with Crippen molar-refractivity contribution in [2.24, 2.45) is 11.7 Å². The van der Waals surface area contributed by atoms with Crippen LogP contribution in [0.3, 0.4) is 0 Å². The molecule has 0 aromatic heterocycles. The third kappa shape index (κ3) is 8.37. The number of nitrogens with two attached hydrogens (primary N) is 1. The first kappa shape index (κ1) is 22.7. The van der Waals surface area contributed by atoms with Gasteiger partial charge in [0.15, 0.2) is 0 Å². The number of carbonyl (C=O) groups is 4. The molecule has 0 aromatic rings. The molecule has 0 radical (unpaired) electrons. The van der Waals surface area contributed by atoms with E-state index in [9.17, 15) is 19.2 Å². The Bertz CT molecular complexity index is 512. The van der Waals surface area contributed by atoms with Crippen LogP contribution in [0.25, 0.3) is 0 Å². The van der Waals surface area contributed by atoms with Crippen molar-refractivity contribution in [1.29, 1.82) is 0 Å². The lowest BCUT2D eigenvalue weighted by Crippen LogP contribution is -2.55. The molecule has 0 heterocycles. The Balaban J connectivity index is 5.19. The minimum Gasteiger partial charge on any atom is -0.481 e. The van der Waals surface area contributed by atoms with Crippen molar-refractivity contribution in [2.45, 2.75) is 65.1 Å². The summed E-state index contributed by atoms with van der Waals surface area (Å²) in [5, 5.41) is 11.3. The van der Waals surface area contributed by atoms with Gasteiger partial charge in [-0.15, -0.1) is 0 Å². The van der Waals surface area contributed by atoms with Crippen molar-refractivity contribution in [3.63, 3.8) is 0 Å². The van der Waals surface area contributed by atoms with E-state index < -0.39 is 41.6 Å². The molecule has 0 fully saturated rings. The summed E-state index contributed by atoms with van der Waals surface area (Å²) in [6.45, 7) is 8.54. The van der Waals surface area contributed by atoms with Gasteiger partial charge >= 0.3 is 12.1 Å². The Morgan fingerprint density at radius 1 is 1.20 bits per heavy atom. The fourth-order valence-corrected chi connectivity index (χ4v) is 2.11. The predicted octanol–water partition coefficient (Wildman–Crippen LogP) is 0.713. The van der Waals surface area contributed by atoms with Crippen LogP contribution < -0.4 is 11.1 Å². The first-order valence-electron chi connectivity index (χ1n) is 8.03. The number of carboxylic acid groups (broad SMARTS) is 1. The minimum absolute atomic E-state index is 0.107. The summed E-state index contributed by atoms with van der Waals surface area (Å²) >= 11 is 0. The van der Waals surface area contributed by atoms with Crippen LogP contribution >= 0.6 is 0 Å². The van der Waals surface area contributed by atoms with E-state index >= 15 is 0 Å². The van der Waals surface area contributed by atoms with Gasteiger partial charge in [-0.3, -0.25) is 14.4 Å². The molecule has 0 aromatic carbocycles. The van der Waals surface area contributed by atoms with E-state index in [0.29, 0.717) is 0 Å². The highest BCUT2D eigenvalue weighted by Gasteiger charge is 2.33. The van der Waals surface area contributed by atoms with Gasteiger partial charge in [0.25, 0.3) is 0 Å². The molecule has 144 valence electrons. The number of likely N-dealkylation sites (N-methyl/N-ethyl adjacent to an activating group) is 1. The lowest BCUT2D eigenvalue weighted by molar-refractivity contribution is -0.142. The van der Waals surface area contributed by atoms with E-state index in [1.807, 2.05) is 0 Å². The smallest absolute Gasteiger partial charge is 0.408 e. The number of ether oxygens (including phenoxy) is 1. The van der Waals surface area contributed by atoms with E-state index in [0.717, 1.165) is 4.90 Å². The van der Waals surface area contributed by atoms with Crippen LogP contribution in [0.4, 0.5) is 4.79 Å². The lowest BCUT2D eigenvalue weighted by Gasteiger charge is -2.31. The Morgan fingerprint density at radius 3 is 2.08 bits per heavy atom. The molecule has 0 rings (SSSR count). The van der Waals surface area contributed by atoms with E-state index in [-0.39, 0.29) is 18.8 Å². The Morgan fingerprint density at radius 2 is 1.72 bits per heavy atom. The quantitative estimate of drug-likeness (QED) is 0.583. The van der Waals surface area contributed by atoms with Gasteiger partial charge in [-0.2, -0.15) is 0 Å². The highest BCUT2D eigenvalue weighted by atomic mass is 16.6. The zero-order chi connectivity index (χ0) is 19.9. The molecule has 0 spiro atoms. The number of primary amides is 1. The second-order valence-corrected chi connectivity index (χ2v) is 7.17. The summed E-state index contributed by atoms with van der Waals surface area (Å²) < 4.78 is 5.15. The van der Waals surface area contributed by atoms with Gasteiger partial charge in [-0.25, -0.2) is 4.79 Å². The summed E-state index contributed by atoms with van der Waals surface area (Å²) in [6, 6.07) is -2.02. The maximum atomic E-state index is 12.7. The second kappa shape index (κ2) is 9.24. The van der Waals surface area contributed by atoms with Crippen LogP contribution in [0, 0.1) is 5.92 Å². The fraction of sp³-hybridized carbons (Fsp3) is 0.750. The van der Waals surface area contributed by atoms with Crippen molar-refractivity contribution >= 4 is 23.9 Å². The Labute approximate surface area is 147 Å². The lowest BCUT2D eigenvalue weighted by atomic mass is 10.0. The molecule has 9 nitrogen and oxygen atoms in total. The van der Waals surface area contributed by atoms with Crippen molar-refractivity contribution in [2.75, 3.05) is 7.05 Å². The molecule has 2 atom stereocenters. The molecule has 0 saturated heterocycles. The number of carbonyl (C=O) groups excluding carboxylic acids is 3. The first-order valence-corrected chi connectivity index (χ1v) is 8.03. The van der Waals surface area contributed by atoms with Crippen LogP contribution in [-0.4, -0.2) is 58.6 Å². The number of rotatable bonds is 8. The molecule has 0 saturated carbocycles. The third-order valence-electron chi connectivity index (χ3n) is 3.38. The maximum absolute atomic E-state index is 12.7. The summed E-state index contributed by atoms with van der Waals surface area (Å²) in [7, 11) is 1.35. The largest absolute Gasteiger partial charge is 0.481 e. The molecule has 0 aliphatic heterocycles. The van der Waals surface area contributed by atoms with Crippen LogP contribution in [0.1, 0.15) is 47.5 Å². The van der Waals surface area contributed by atoms with Crippen LogP contribution in [-0.2, 0) is 19.1 Å². The summed E-state index contributed by atoms with van der Waals surface area (Å²) in [4.78, 5) is 48.0. The number of hydrogen-bond donors (Lipinski definition) is 3. The third-order valence-corrected chi connectivity index (χ3v) is 3.38. The summed E-state index contributed by atoms with van der Waals surface area (Å²) in [5.41, 5.74) is 4.56. The van der Waals surface area contributed by atoms with Crippen molar-refractivity contribution < 1.29 is 29.0 Å². The molecular formula is C16H29N3O6. The number of nitrogens with zero attached hydrogens (tertiary/aromatic N) is 1. The standard InChI is InChI=1S/C16H29N3O6/c1-9(2)12(18-15(24)25-16(3,4)5)14(23)19(6)10(13(17)22)7-8-11(20)21/h9-10,12H,7-8H2,1-6H3,(H2,17,22)(H,18,24)(H,20,21)/t10-,12+/m1/s1. The topological polar surface area (TPSA) is 139 Å². The highest BCUT2D eigenvalue weighted by molar-refractivity contribution is 5.91. The highest BCUT2D eigenvalue weighted by Crippen LogP contribution is 2.13. The molecule has 9 heteroatoms. The van der Waals surface area contributed by atoms with Gasteiger partial charge < -0.3 is 25.8 Å². The molecule has 0 unspecified atom stereocenters. The summed E-state index contributed by atoms with van der Waals surface area (Å²) in [6.07, 6.45) is -1.17. The van der Waals surface area contributed by atoms with E-state index in [1.165, 1.54) is 7.05 Å². The fourth-order valence-electron chi connectivity index (χ4n) is 2.11. The molecule has 0 aliphatic carbocycles. The molecule has 25 heavy (non-hydrogen) atoms. The van der Waals surface area contributed by atoms with Gasteiger partial charge in [0.05, 0.1) is 0 Å². The van der Waals surface area contributed by atoms with Gasteiger partial charge in [0, 0.05) is 13.5 Å². The van der Waals surface area contributed by atoms with Gasteiger partial charge in [0.2, 0.25) is 11.8 Å². The molecule has 3 amide bonds. The van der Waals surface area contributed by atoms with Crippen molar-refractivity contribution in [3.8, 4) is 0 Å². The normalized spacial score (nSPS) is 13.7. The monoisotopic (exact) mass is 359 g/mol. The average Bonchev–Trinajstić information content (AvgIpc) is 2.41. The minimum atomic E-state index is -1.10. The number of amides is 3. The predicted molar refractivity (Wildman–Crippen MR) is 90.6 cm³/mol. The van der Waals surface area contributed by atoms with Gasteiger partial charge in [0.1, 0.15) is 17.7 Å². The van der Waals surface area contributed by atoms with Crippen LogP contribution in [0.15, 0.2) is 0 Å². The van der Waals surface area contributed by atoms with E-state index in [2.05, 4.69) is 5.32 Å². The van der Waals surface area contributed by atoms with Crippen molar-refractivity contribution in [3.05, 3.63) is 0 Å². The number of carboxylic acids is 1. The number of alkyl carbamates (subject to hydrolysis) is 1. The van der Waals surface area contributed by atoms with E-state index in [1.54, 1.807) is 34.6 Å². The molecule has 0 aliphatic rings. The SMILES string of the molecule is CC(C)[C@H](NC(=O)OC(C)(C)C)C(=O)N(C)[C@H](CCC(=O)O)C(N)=O. The second-order valence-electron chi connectivity index (χ2n) is 7.17. The average molecular weight is 359 g/mol. The first-order chi connectivity index (χ1) is 11.3. The zero-order valence-corrected chi connectivity index (χ0v) is 15.7. The van der Waals surface area contributed by atoms with Gasteiger partial charge in [-0.1, -0.05) is 13.8 Å². The molecule has 4 N–H and O–H groups in total. The van der Waals surface area contributed by atoms with Crippen molar-refractivity contribution in [1.82, 2.24) is 10.2 Å². The Hall–Kier alpha value is -2.32.